The van der Waals surface area contributed by atoms with E-state index in [0.29, 0.717) is 11.9 Å². The van der Waals surface area contributed by atoms with E-state index in [-0.39, 0.29) is 0 Å². The first-order valence-electron chi connectivity index (χ1n) is 7.68. The first-order valence-corrected chi connectivity index (χ1v) is 8.56. The molecule has 0 saturated carbocycles. The second kappa shape index (κ2) is 8.54. The summed E-state index contributed by atoms with van der Waals surface area (Å²) in [6, 6.07) is 10.3. The standard InChI is InChI=1S/C17H24N4S/c1-13(2)8-10-19-17(18)20-11-9-15-12-22-16(21-15)14-6-4-3-5-7-14/h3-7,12-13H,8-11H2,1-2H3,(H3,18,19,20). The molecule has 0 bridgehead atoms. The molecule has 0 aliphatic rings. The second-order valence-electron chi connectivity index (χ2n) is 5.64. The van der Waals surface area contributed by atoms with Gasteiger partial charge in [-0.25, -0.2) is 4.98 Å². The molecule has 1 aromatic heterocycles. The number of nitrogens with zero attached hydrogens (tertiary/aromatic N) is 2. The minimum Gasteiger partial charge on any atom is -0.370 e. The van der Waals surface area contributed by atoms with Crippen molar-refractivity contribution >= 4 is 17.3 Å². The fraction of sp³-hybridized carbons (Fsp3) is 0.412. The van der Waals surface area contributed by atoms with Crippen LogP contribution in [0, 0.1) is 5.92 Å². The number of nitrogens with two attached hydrogens (primary N) is 1. The van der Waals surface area contributed by atoms with E-state index >= 15 is 0 Å². The van der Waals surface area contributed by atoms with Crippen LogP contribution in [0.5, 0.6) is 0 Å². The van der Waals surface area contributed by atoms with Crippen LogP contribution in [-0.4, -0.2) is 24.0 Å². The maximum absolute atomic E-state index is 5.84. The van der Waals surface area contributed by atoms with Crippen LogP contribution in [-0.2, 0) is 6.42 Å². The van der Waals surface area contributed by atoms with E-state index in [1.54, 1.807) is 11.3 Å². The topological polar surface area (TPSA) is 63.3 Å². The number of hydrogen-bond donors (Lipinski definition) is 2. The van der Waals surface area contributed by atoms with Gasteiger partial charge in [0.05, 0.1) is 5.69 Å². The maximum Gasteiger partial charge on any atom is 0.188 e. The van der Waals surface area contributed by atoms with Crippen LogP contribution in [0.15, 0.2) is 40.7 Å². The Kier molecular flexibility index (Phi) is 6.40. The zero-order valence-electron chi connectivity index (χ0n) is 13.2. The summed E-state index contributed by atoms with van der Waals surface area (Å²) in [5.41, 5.74) is 8.10. The Morgan fingerprint density at radius 1 is 1.32 bits per heavy atom. The zero-order valence-corrected chi connectivity index (χ0v) is 14.1. The van der Waals surface area contributed by atoms with Crippen molar-refractivity contribution in [3.63, 3.8) is 0 Å². The third kappa shape index (κ3) is 5.48. The number of benzene rings is 1. The van der Waals surface area contributed by atoms with E-state index in [2.05, 4.69) is 46.7 Å². The number of aliphatic imine (C=N–C) groups is 1. The number of aromatic nitrogens is 1. The van der Waals surface area contributed by atoms with Crippen LogP contribution in [0.4, 0.5) is 0 Å². The molecule has 2 aromatic rings. The average Bonchev–Trinajstić information content (AvgIpc) is 2.97. The maximum atomic E-state index is 5.84. The third-order valence-electron chi connectivity index (χ3n) is 3.25. The molecule has 0 spiro atoms. The fourth-order valence-corrected chi connectivity index (χ4v) is 2.81. The first-order chi connectivity index (χ1) is 10.6. The Hall–Kier alpha value is -1.88. The molecule has 22 heavy (non-hydrogen) atoms. The van der Waals surface area contributed by atoms with Crippen LogP contribution >= 0.6 is 11.3 Å². The van der Waals surface area contributed by atoms with Crippen LogP contribution in [0.2, 0.25) is 0 Å². The van der Waals surface area contributed by atoms with Gasteiger partial charge in [0.25, 0.3) is 0 Å². The average molecular weight is 316 g/mol. The molecule has 0 atom stereocenters. The highest BCUT2D eigenvalue weighted by Gasteiger charge is 2.04. The summed E-state index contributed by atoms with van der Waals surface area (Å²) in [5.74, 6) is 1.18. The number of hydrogen-bond acceptors (Lipinski definition) is 3. The minimum atomic E-state index is 0.527. The van der Waals surface area contributed by atoms with E-state index in [0.717, 1.165) is 36.6 Å². The van der Waals surface area contributed by atoms with E-state index in [1.165, 1.54) is 5.56 Å². The van der Waals surface area contributed by atoms with E-state index < -0.39 is 0 Å². The van der Waals surface area contributed by atoms with Crippen molar-refractivity contribution in [3.05, 3.63) is 41.4 Å². The van der Waals surface area contributed by atoms with Gasteiger partial charge in [-0.15, -0.1) is 11.3 Å². The molecule has 0 amide bonds. The van der Waals surface area contributed by atoms with E-state index in [1.807, 2.05) is 18.2 Å². The van der Waals surface area contributed by atoms with Gasteiger partial charge in [0.15, 0.2) is 5.96 Å². The molecule has 0 aliphatic heterocycles. The predicted molar refractivity (Wildman–Crippen MR) is 95.2 cm³/mol. The molecular weight excluding hydrogens is 292 g/mol. The Morgan fingerprint density at radius 3 is 2.82 bits per heavy atom. The van der Waals surface area contributed by atoms with Crippen molar-refractivity contribution in [3.8, 4) is 10.6 Å². The van der Waals surface area contributed by atoms with Crippen molar-refractivity contribution in [2.24, 2.45) is 16.6 Å². The molecule has 0 fully saturated rings. The van der Waals surface area contributed by atoms with Gasteiger partial charge in [-0.1, -0.05) is 44.2 Å². The summed E-state index contributed by atoms with van der Waals surface area (Å²) in [4.78, 5) is 8.97. The molecular formula is C17H24N4S. The van der Waals surface area contributed by atoms with Crippen LogP contribution < -0.4 is 11.1 Å². The molecule has 1 heterocycles. The van der Waals surface area contributed by atoms with Crippen molar-refractivity contribution in [1.29, 1.82) is 0 Å². The number of thiazole rings is 1. The highest BCUT2D eigenvalue weighted by atomic mass is 32.1. The minimum absolute atomic E-state index is 0.527. The summed E-state index contributed by atoms with van der Waals surface area (Å²) < 4.78 is 0. The Morgan fingerprint density at radius 2 is 2.09 bits per heavy atom. The number of nitrogens with one attached hydrogen (secondary N) is 1. The third-order valence-corrected chi connectivity index (χ3v) is 4.19. The van der Waals surface area contributed by atoms with Crippen LogP contribution in [0.3, 0.4) is 0 Å². The summed E-state index contributed by atoms with van der Waals surface area (Å²) >= 11 is 1.68. The van der Waals surface area contributed by atoms with Crippen molar-refractivity contribution in [1.82, 2.24) is 10.3 Å². The lowest BCUT2D eigenvalue weighted by Gasteiger charge is -2.05. The molecule has 0 saturated heterocycles. The normalized spacial score (nSPS) is 11.9. The molecule has 0 radical (unpaired) electrons. The Balaban J connectivity index is 1.77. The highest BCUT2D eigenvalue weighted by molar-refractivity contribution is 7.13. The number of rotatable bonds is 7. The van der Waals surface area contributed by atoms with E-state index in [4.69, 9.17) is 5.73 Å². The van der Waals surface area contributed by atoms with Crippen molar-refractivity contribution < 1.29 is 0 Å². The quantitative estimate of drug-likeness (QED) is 0.608. The molecule has 118 valence electrons. The Bertz CT molecular complexity index is 590. The van der Waals surface area contributed by atoms with Gasteiger partial charge < -0.3 is 11.1 Å². The fourth-order valence-electron chi connectivity index (χ4n) is 1.95. The lowest BCUT2D eigenvalue weighted by atomic mass is 10.1. The monoisotopic (exact) mass is 316 g/mol. The van der Waals surface area contributed by atoms with Gasteiger partial charge in [0.1, 0.15) is 5.01 Å². The van der Waals surface area contributed by atoms with Crippen molar-refractivity contribution in [2.75, 3.05) is 13.1 Å². The second-order valence-corrected chi connectivity index (χ2v) is 6.49. The molecule has 0 unspecified atom stereocenters. The summed E-state index contributed by atoms with van der Waals surface area (Å²) in [6.45, 7) is 5.91. The van der Waals surface area contributed by atoms with Gasteiger partial charge >= 0.3 is 0 Å². The van der Waals surface area contributed by atoms with Crippen LogP contribution in [0.1, 0.15) is 26.0 Å². The zero-order chi connectivity index (χ0) is 15.8. The largest absolute Gasteiger partial charge is 0.370 e. The summed E-state index contributed by atoms with van der Waals surface area (Å²) in [6.07, 6.45) is 1.92. The smallest absolute Gasteiger partial charge is 0.188 e. The van der Waals surface area contributed by atoms with Gasteiger partial charge in [0.2, 0.25) is 0 Å². The molecule has 1 aromatic carbocycles. The number of guanidine groups is 1. The lowest BCUT2D eigenvalue weighted by Crippen LogP contribution is -2.33. The molecule has 4 nitrogen and oxygen atoms in total. The van der Waals surface area contributed by atoms with Crippen LogP contribution in [0.25, 0.3) is 10.6 Å². The van der Waals surface area contributed by atoms with Gasteiger partial charge in [-0.05, 0) is 12.3 Å². The van der Waals surface area contributed by atoms with E-state index in [9.17, 15) is 0 Å². The van der Waals surface area contributed by atoms with Gasteiger partial charge in [0, 0.05) is 30.5 Å². The van der Waals surface area contributed by atoms with Gasteiger partial charge in [-0.2, -0.15) is 0 Å². The summed E-state index contributed by atoms with van der Waals surface area (Å²) in [5, 5.41) is 6.32. The SMILES string of the molecule is CC(C)CCN=C(N)NCCc1csc(-c2ccccc2)n1. The molecule has 2 rings (SSSR count). The molecule has 3 N–H and O–H groups in total. The molecule has 0 aliphatic carbocycles. The van der Waals surface area contributed by atoms with Crippen molar-refractivity contribution in [2.45, 2.75) is 26.7 Å². The Labute approximate surface area is 136 Å². The van der Waals surface area contributed by atoms with Gasteiger partial charge in [-0.3, -0.25) is 4.99 Å². The summed E-state index contributed by atoms with van der Waals surface area (Å²) in [7, 11) is 0. The lowest BCUT2D eigenvalue weighted by molar-refractivity contribution is 0.595. The highest BCUT2D eigenvalue weighted by Crippen LogP contribution is 2.23. The first kappa shape index (κ1) is 16.5. The molecule has 5 heteroatoms. The predicted octanol–water partition coefficient (Wildman–Crippen LogP) is 3.30.